The Bertz CT molecular complexity index is 667. The van der Waals surface area contributed by atoms with Gasteiger partial charge in [-0.2, -0.15) is 0 Å². The molecule has 1 amide bonds. The minimum atomic E-state index is -0.0195. The van der Waals surface area contributed by atoms with Gasteiger partial charge < -0.3 is 15.4 Å². The number of carbonyl (C=O) groups excluding carboxylic acids is 1. The van der Waals surface area contributed by atoms with Crippen molar-refractivity contribution in [2.24, 2.45) is 5.92 Å². The van der Waals surface area contributed by atoms with Crippen LogP contribution in [0, 0.1) is 5.92 Å². The lowest BCUT2D eigenvalue weighted by Gasteiger charge is -2.15. The molecular weight excluding hydrogens is 302 g/mol. The van der Waals surface area contributed by atoms with Gasteiger partial charge in [-0.05, 0) is 44.0 Å². The molecular formula is C19H25N3O2. The van der Waals surface area contributed by atoms with Crippen molar-refractivity contribution in [2.75, 3.05) is 10.6 Å². The van der Waals surface area contributed by atoms with E-state index < -0.39 is 0 Å². The number of carbonyl (C=O) groups is 1. The van der Waals surface area contributed by atoms with Crippen LogP contribution in [0.4, 0.5) is 17.2 Å². The summed E-state index contributed by atoms with van der Waals surface area (Å²) in [5.74, 6) is 1.65. The smallest absolute Gasteiger partial charge is 0.225 e. The summed E-state index contributed by atoms with van der Waals surface area (Å²) in [6.07, 6.45) is 2.28. The highest BCUT2D eigenvalue weighted by Crippen LogP contribution is 2.28. The first-order valence-electron chi connectivity index (χ1n) is 8.22. The van der Waals surface area contributed by atoms with Crippen molar-refractivity contribution in [1.82, 2.24) is 4.98 Å². The highest BCUT2D eigenvalue weighted by Gasteiger charge is 2.08. The van der Waals surface area contributed by atoms with Gasteiger partial charge in [0, 0.05) is 6.42 Å². The number of amides is 1. The average Bonchev–Trinajstić information content (AvgIpc) is 2.50. The predicted octanol–water partition coefficient (Wildman–Crippen LogP) is 4.60. The molecule has 1 aromatic heterocycles. The first kappa shape index (κ1) is 17.8. The number of hydrogen-bond donors (Lipinski definition) is 2. The van der Waals surface area contributed by atoms with E-state index in [0.29, 0.717) is 18.2 Å². The minimum Gasteiger partial charge on any atom is -0.489 e. The Morgan fingerprint density at radius 3 is 2.50 bits per heavy atom. The van der Waals surface area contributed by atoms with Crippen molar-refractivity contribution in [3.63, 3.8) is 0 Å². The van der Waals surface area contributed by atoms with Crippen molar-refractivity contribution in [1.29, 1.82) is 0 Å². The van der Waals surface area contributed by atoms with Crippen LogP contribution in [-0.4, -0.2) is 17.0 Å². The van der Waals surface area contributed by atoms with E-state index in [1.807, 2.05) is 58.0 Å². The Balaban J connectivity index is 2.03. The standard InChI is InChI=1S/C19H25N3O2/c1-13(2)11-19(23)22-18-10-9-15(12-20-18)21-16-7-5-6-8-17(16)24-14(3)4/h5-10,12-14,21H,11H2,1-4H3,(H,20,22,23). The summed E-state index contributed by atoms with van der Waals surface area (Å²) in [6, 6.07) is 11.4. The molecule has 2 N–H and O–H groups in total. The number of hydrogen-bond acceptors (Lipinski definition) is 4. The number of anilines is 3. The van der Waals surface area contributed by atoms with E-state index in [9.17, 15) is 4.79 Å². The summed E-state index contributed by atoms with van der Waals surface area (Å²) in [4.78, 5) is 16.0. The highest BCUT2D eigenvalue weighted by atomic mass is 16.5. The number of aromatic nitrogens is 1. The molecule has 5 heteroatoms. The van der Waals surface area contributed by atoms with Gasteiger partial charge in [0.2, 0.25) is 5.91 Å². The maximum atomic E-state index is 11.8. The van der Waals surface area contributed by atoms with Gasteiger partial charge in [-0.15, -0.1) is 0 Å². The molecule has 1 aromatic carbocycles. The molecule has 0 aliphatic heterocycles. The first-order valence-corrected chi connectivity index (χ1v) is 8.22. The zero-order valence-electron chi connectivity index (χ0n) is 14.7. The van der Waals surface area contributed by atoms with Crippen molar-refractivity contribution in [2.45, 2.75) is 40.2 Å². The fourth-order valence-electron chi connectivity index (χ4n) is 2.19. The molecule has 0 fully saturated rings. The van der Waals surface area contributed by atoms with Crippen LogP contribution >= 0.6 is 0 Å². The van der Waals surface area contributed by atoms with Gasteiger partial charge in [0.05, 0.1) is 23.7 Å². The number of rotatable bonds is 7. The molecule has 0 radical (unpaired) electrons. The van der Waals surface area contributed by atoms with Gasteiger partial charge in [0.15, 0.2) is 0 Å². The van der Waals surface area contributed by atoms with Gasteiger partial charge in [0.1, 0.15) is 11.6 Å². The molecule has 5 nitrogen and oxygen atoms in total. The summed E-state index contributed by atoms with van der Waals surface area (Å²) in [5, 5.41) is 6.09. The lowest BCUT2D eigenvalue weighted by molar-refractivity contribution is -0.116. The quantitative estimate of drug-likeness (QED) is 0.780. The van der Waals surface area contributed by atoms with Crippen LogP contribution in [0.5, 0.6) is 5.75 Å². The normalized spacial score (nSPS) is 10.8. The summed E-state index contributed by atoms with van der Waals surface area (Å²) < 4.78 is 5.79. The lowest BCUT2D eigenvalue weighted by Crippen LogP contribution is -2.14. The number of pyridine rings is 1. The zero-order chi connectivity index (χ0) is 17.5. The fourth-order valence-corrected chi connectivity index (χ4v) is 2.19. The van der Waals surface area contributed by atoms with Gasteiger partial charge in [-0.1, -0.05) is 26.0 Å². The predicted molar refractivity (Wildman–Crippen MR) is 97.8 cm³/mol. The molecule has 0 aliphatic carbocycles. The maximum Gasteiger partial charge on any atom is 0.225 e. The van der Waals surface area contributed by atoms with Crippen LogP contribution in [-0.2, 0) is 4.79 Å². The molecule has 0 bridgehead atoms. The molecule has 0 spiro atoms. The highest BCUT2D eigenvalue weighted by molar-refractivity contribution is 5.90. The molecule has 2 rings (SSSR count). The van der Waals surface area contributed by atoms with E-state index in [2.05, 4.69) is 15.6 Å². The molecule has 128 valence electrons. The van der Waals surface area contributed by atoms with Crippen molar-refractivity contribution >= 4 is 23.1 Å². The summed E-state index contributed by atoms with van der Waals surface area (Å²) in [6.45, 7) is 8.01. The van der Waals surface area contributed by atoms with Crippen molar-refractivity contribution in [3.8, 4) is 5.75 Å². The second-order valence-corrected chi connectivity index (χ2v) is 6.37. The van der Waals surface area contributed by atoms with Crippen LogP contribution in [0.2, 0.25) is 0 Å². The third-order valence-electron chi connectivity index (χ3n) is 3.15. The van der Waals surface area contributed by atoms with E-state index in [0.717, 1.165) is 17.1 Å². The van der Waals surface area contributed by atoms with E-state index in [1.165, 1.54) is 0 Å². The van der Waals surface area contributed by atoms with Crippen LogP contribution < -0.4 is 15.4 Å². The molecule has 2 aromatic rings. The molecule has 0 aliphatic rings. The Morgan fingerprint density at radius 2 is 1.88 bits per heavy atom. The molecule has 0 atom stereocenters. The summed E-state index contributed by atoms with van der Waals surface area (Å²) in [7, 11) is 0. The average molecular weight is 327 g/mol. The molecule has 0 saturated carbocycles. The first-order chi connectivity index (χ1) is 11.4. The Morgan fingerprint density at radius 1 is 1.12 bits per heavy atom. The molecule has 0 saturated heterocycles. The van der Waals surface area contributed by atoms with E-state index in [4.69, 9.17) is 4.74 Å². The summed E-state index contributed by atoms with van der Waals surface area (Å²) in [5.41, 5.74) is 1.71. The number of ether oxygens (including phenoxy) is 1. The van der Waals surface area contributed by atoms with E-state index in [1.54, 1.807) is 12.3 Å². The number of nitrogens with one attached hydrogen (secondary N) is 2. The third-order valence-corrected chi connectivity index (χ3v) is 3.15. The number of para-hydroxylation sites is 2. The van der Waals surface area contributed by atoms with Crippen LogP contribution in [0.3, 0.4) is 0 Å². The van der Waals surface area contributed by atoms with Gasteiger partial charge in [-0.3, -0.25) is 4.79 Å². The van der Waals surface area contributed by atoms with Gasteiger partial charge in [0.25, 0.3) is 0 Å². The molecule has 0 unspecified atom stereocenters. The van der Waals surface area contributed by atoms with Gasteiger partial charge in [-0.25, -0.2) is 4.98 Å². The van der Waals surface area contributed by atoms with E-state index >= 15 is 0 Å². The minimum absolute atomic E-state index is 0.0195. The van der Waals surface area contributed by atoms with Gasteiger partial charge >= 0.3 is 0 Å². The van der Waals surface area contributed by atoms with Crippen LogP contribution in [0.1, 0.15) is 34.1 Å². The van der Waals surface area contributed by atoms with Crippen molar-refractivity contribution < 1.29 is 9.53 Å². The zero-order valence-corrected chi connectivity index (χ0v) is 14.7. The monoisotopic (exact) mass is 327 g/mol. The largest absolute Gasteiger partial charge is 0.489 e. The third kappa shape index (κ3) is 5.57. The number of benzene rings is 1. The van der Waals surface area contributed by atoms with Crippen LogP contribution in [0.15, 0.2) is 42.6 Å². The molecule has 1 heterocycles. The molecule has 24 heavy (non-hydrogen) atoms. The van der Waals surface area contributed by atoms with Crippen LogP contribution in [0.25, 0.3) is 0 Å². The Hall–Kier alpha value is -2.56. The fraction of sp³-hybridized carbons (Fsp3) is 0.368. The Kier molecular flexibility index (Phi) is 6.18. The second-order valence-electron chi connectivity index (χ2n) is 6.37. The maximum absolute atomic E-state index is 11.8. The second kappa shape index (κ2) is 8.34. The topological polar surface area (TPSA) is 63.2 Å². The summed E-state index contributed by atoms with van der Waals surface area (Å²) >= 11 is 0. The number of nitrogens with zero attached hydrogens (tertiary/aromatic N) is 1. The Labute approximate surface area is 143 Å². The lowest BCUT2D eigenvalue weighted by atomic mass is 10.1. The van der Waals surface area contributed by atoms with Crippen molar-refractivity contribution in [3.05, 3.63) is 42.6 Å². The van der Waals surface area contributed by atoms with E-state index in [-0.39, 0.29) is 12.0 Å². The SMILES string of the molecule is CC(C)CC(=O)Nc1ccc(Nc2ccccc2OC(C)C)cn1.